The van der Waals surface area contributed by atoms with Crippen LogP contribution >= 0.6 is 0 Å². The summed E-state index contributed by atoms with van der Waals surface area (Å²) < 4.78 is 80.7. The van der Waals surface area contributed by atoms with E-state index in [1.165, 1.54) is 0 Å². The number of aromatic nitrogens is 1. The molecule has 0 radical (unpaired) electrons. The van der Waals surface area contributed by atoms with E-state index in [9.17, 15) is 26.3 Å². The SMILES string of the molecule is C=CCO[C@@H]1CC[C@H]2[C@H]1OCCN2Cc1cccnc1OC.O=C(O)C(F)(F)F.O=C(O)C(F)(F)F. The van der Waals surface area contributed by atoms with E-state index in [2.05, 4.69) is 22.5 Å². The second kappa shape index (κ2) is 14.0. The summed E-state index contributed by atoms with van der Waals surface area (Å²) in [7, 11) is 1.67. The molecule has 3 atom stereocenters. The summed E-state index contributed by atoms with van der Waals surface area (Å²) >= 11 is 0. The summed E-state index contributed by atoms with van der Waals surface area (Å²) in [5, 5.41) is 14.2. The third kappa shape index (κ3) is 9.99. The smallest absolute Gasteiger partial charge is 0.481 e. The lowest BCUT2D eigenvalue weighted by Gasteiger charge is -2.39. The average molecular weight is 532 g/mol. The minimum Gasteiger partial charge on any atom is -0.481 e. The second-order valence-electron chi connectivity index (χ2n) is 7.39. The lowest BCUT2D eigenvalue weighted by Crippen LogP contribution is -2.51. The van der Waals surface area contributed by atoms with Gasteiger partial charge >= 0.3 is 24.3 Å². The fourth-order valence-electron chi connectivity index (χ4n) is 3.51. The topological polar surface area (TPSA) is 118 Å². The van der Waals surface area contributed by atoms with Crippen LogP contribution in [-0.4, -0.2) is 89.5 Å². The molecule has 0 amide bonds. The third-order valence-electron chi connectivity index (χ3n) is 4.98. The number of fused-ring (bicyclic) bond motifs is 1. The first-order valence-corrected chi connectivity index (χ1v) is 10.4. The van der Waals surface area contributed by atoms with Crippen LogP contribution in [0.1, 0.15) is 18.4 Å². The van der Waals surface area contributed by atoms with E-state index in [1.54, 1.807) is 19.4 Å². The van der Waals surface area contributed by atoms with E-state index in [0.29, 0.717) is 18.5 Å². The zero-order chi connectivity index (χ0) is 27.5. The fraction of sp³-hybridized carbons (Fsp3) is 0.571. The normalized spacial score (nSPS) is 21.7. The number of morpholine rings is 1. The van der Waals surface area contributed by atoms with E-state index in [1.807, 2.05) is 6.07 Å². The molecule has 1 saturated heterocycles. The van der Waals surface area contributed by atoms with Crippen LogP contribution in [0.2, 0.25) is 0 Å². The molecule has 9 nitrogen and oxygen atoms in total. The van der Waals surface area contributed by atoms with Crippen LogP contribution in [0, 0.1) is 0 Å². The number of methoxy groups -OCH3 is 1. The lowest BCUT2D eigenvalue weighted by molar-refractivity contribution is -0.193. The molecule has 1 saturated carbocycles. The predicted octanol–water partition coefficient (Wildman–Crippen LogP) is 3.29. The molecular weight excluding hydrogens is 506 g/mol. The summed E-state index contributed by atoms with van der Waals surface area (Å²) in [5.74, 6) is -4.80. The number of halogens is 6. The monoisotopic (exact) mass is 532 g/mol. The maximum absolute atomic E-state index is 10.6. The van der Waals surface area contributed by atoms with Gasteiger partial charge in [-0.25, -0.2) is 14.6 Å². The number of carboxylic acids is 2. The summed E-state index contributed by atoms with van der Waals surface area (Å²) in [6.07, 6.45) is -4.11. The van der Waals surface area contributed by atoms with Gasteiger partial charge in [0.2, 0.25) is 5.88 Å². The lowest BCUT2D eigenvalue weighted by atomic mass is 10.1. The Bertz CT molecular complexity index is 842. The van der Waals surface area contributed by atoms with Gasteiger partial charge in [0.1, 0.15) is 0 Å². The zero-order valence-corrected chi connectivity index (χ0v) is 19.1. The van der Waals surface area contributed by atoms with Crippen molar-refractivity contribution in [3.05, 3.63) is 36.5 Å². The second-order valence-corrected chi connectivity index (χ2v) is 7.39. The highest BCUT2D eigenvalue weighted by atomic mass is 19.4. The third-order valence-corrected chi connectivity index (χ3v) is 4.98. The van der Waals surface area contributed by atoms with E-state index in [0.717, 1.165) is 38.1 Å². The Morgan fingerprint density at radius 3 is 2.28 bits per heavy atom. The van der Waals surface area contributed by atoms with Crippen molar-refractivity contribution < 1.29 is 60.4 Å². The van der Waals surface area contributed by atoms with Crippen LogP contribution < -0.4 is 4.74 Å². The molecule has 15 heteroatoms. The quantitative estimate of drug-likeness (QED) is 0.420. The van der Waals surface area contributed by atoms with Gasteiger partial charge in [0.25, 0.3) is 0 Å². The number of pyridine rings is 1. The predicted molar refractivity (Wildman–Crippen MR) is 111 cm³/mol. The van der Waals surface area contributed by atoms with Gasteiger partial charge in [0, 0.05) is 30.9 Å². The molecule has 0 aromatic carbocycles. The molecule has 1 aliphatic carbocycles. The Balaban J connectivity index is 0.000000383. The van der Waals surface area contributed by atoms with Crippen LogP contribution in [0.3, 0.4) is 0 Å². The van der Waals surface area contributed by atoms with Crippen molar-refractivity contribution >= 4 is 11.9 Å². The van der Waals surface area contributed by atoms with Gasteiger partial charge in [-0.3, -0.25) is 4.90 Å². The number of rotatable bonds is 6. The molecule has 2 heterocycles. The number of ether oxygens (including phenoxy) is 3. The summed E-state index contributed by atoms with van der Waals surface area (Å²) in [4.78, 5) is 24.6. The number of carboxylic acid groups (broad SMARTS) is 2. The van der Waals surface area contributed by atoms with Crippen molar-refractivity contribution in [1.82, 2.24) is 9.88 Å². The Hall–Kier alpha value is -2.91. The number of alkyl halides is 6. The zero-order valence-electron chi connectivity index (χ0n) is 19.1. The van der Waals surface area contributed by atoms with Crippen LogP contribution in [0.15, 0.2) is 31.0 Å². The highest BCUT2D eigenvalue weighted by Crippen LogP contribution is 2.33. The summed E-state index contributed by atoms with van der Waals surface area (Å²) in [6.45, 7) is 6.84. The van der Waals surface area contributed by atoms with Gasteiger partial charge in [-0.05, 0) is 18.9 Å². The first-order chi connectivity index (χ1) is 16.7. The standard InChI is InChI=1S/C17H24N2O3.2C2HF3O2/c1-3-10-21-15-7-6-14-16(15)22-11-9-19(14)12-13-5-4-8-18-17(13)20-2;2*3-2(4,5)1(6)7/h3-5,8,14-16H,1,6-7,9-12H2,2H3;2*(H,6,7)/t14-,15+,16+;;/m0../s1. The molecular formula is C21H26F6N2O7. The summed E-state index contributed by atoms with van der Waals surface area (Å²) in [6, 6.07) is 4.45. The minimum absolute atomic E-state index is 0.163. The molecule has 2 aliphatic rings. The molecule has 2 N–H and O–H groups in total. The largest absolute Gasteiger partial charge is 0.490 e. The number of hydrogen-bond donors (Lipinski definition) is 2. The van der Waals surface area contributed by atoms with E-state index < -0.39 is 24.3 Å². The molecule has 1 aliphatic heterocycles. The molecule has 2 fully saturated rings. The van der Waals surface area contributed by atoms with Crippen molar-refractivity contribution in [2.24, 2.45) is 0 Å². The molecule has 0 spiro atoms. The molecule has 1 aromatic rings. The van der Waals surface area contributed by atoms with Crippen LogP contribution in [0.25, 0.3) is 0 Å². The summed E-state index contributed by atoms with van der Waals surface area (Å²) in [5.41, 5.74) is 1.13. The van der Waals surface area contributed by atoms with Crippen molar-refractivity contribution in [3.63, 3.8) is 0 Å². The van der Waals surface area contributed by atoms with E-state index in [4.69, 9.17) is 34.0 Å². The maximum Gasteiger partial charge on any atom is 0.490 e. The molecule has 3 rings (SSSR count). The Morgan fingerprint density at radius 1 is 1.19 bits per heavy atom. The van der Waals surface area contributed by atoms with Crippen molar-refractivity contribution in [2.75, 3.05) is 26.9 Å². The van der Waals surface area contributed by atoms with E-state index in [-0.39, 0.29) is 12.2 Å². The number of carbonyl (C=O) groups is 2. The average Bonchev–Trinajstić information content (AvgIpc) is 3.21. The molecule has 1 aromatic heterocycles. The van der Waals surface area contributed by atoms with Gasteiger partial charge in [-0.1, -0.05) is 12.1 Å². The van der Waals surface area contributed by atoms with Gasteiger partial charge in [0.15, 0.2) is 0 Å². The minimum atomic E-state index is -5.08. The van der Waals surface area contributed by atoms with Crippen molar-refractivity contribution in [1.29, 1.82) is 0 Å². The number of hydrogen-bond acceptors (Lipinski definition) is 7. The Labute approximate surface area is 202 Å². The molecule has 204 valence electrons. The van der Waals surface area contributed by atoms with Crippen LogP contribution in [-0.2, 0) is 25.6 Å². The Morgan fingerprint density at radius 2 is 1.78 bits per heavy atom. The van der Waals surface area contributed by atoms with Crippen LogP contribution in [0.5, 0.6) is 5.88 Å². The fourth-order valence-corrected chi connectivity index (χ4v) is 3.51. The van der Waals surface area contributed by atoms with Crippen LogP contribution in [0.4, 0.5) is 26.3 Å². The molecule has 0 bridgehead atoms. The highest BCUT2D eigenvalue weighted by Gasteiger charge is 2.43. The van der Waals surface area contributed by atoms with Gasteiger partial charge < -0.3 is 24.4 Å². The number of nitrogens with zero attached hydrogens (tertiary/aromatic N) is 2. The van der Waals surface area contributed by atoms with Gasteiger partial charge in [0.05, 0.1) is 32.5 Å². The van der Waals surface area contributed by atoms with Crippen molar-refractivity contribution in [3.8, 4) is 5.88 Å². The first-order valence-electron chi connectivity index (χ1n) is 10.4. The highest BCUT2D eigenvalue weighted by molar-refractivity contribution is 5.73. The Kier molecular flexibility index (Phi) is 12.1. The van der Waals surface area contributed by atoms with Crippen molar-refractivity contribution in [2.45, 2.75) is 50.0 Å². The first kappa shape index (κ1) is 31.1. The maximum atomic E-state index is 10.6. The molecule has 36 heavy (non-hydrogen) atoms. The van der Waals surface area contributed by atoms with Gasteiger partial charge in [-0.15, -0.1) is 6.58 Å². The van der Waals surface area contributed by atoms with E-state index >= 15 is 0 Å². The van der Waals surface area contributed by atoms with Gasteiger partial charge in [-0.2, -0.15) is 26.3 Å². The number of aliphatic carboxylic acids is 2. The molecule has 0 unspecified atom stereocenters.